The van der Waals surface area contributed by atoms with Crippen LogP contribution in [0, 0.1) is 6.92 Å². The lowest BCUT2D eigenvalue weighted by atomic mass is 10.1. The summed E-state index contributed by atoms with van der Waals surface area (Å²) in [6, 6.07) is 7.69. The molecule has 0 saturated carbocycles. The minimum atomic E-state index is -1.01. The molecular weight excluding hydrogens is 256 g/mol. The number of pyridine rings is 1. The summed E-state index contributed by atoms with van der Waals surface area (Å²) in [4.78, 5) is 26.7. The van der Waals surface area contributed by atoms with Crippen molar-refractivity contribution < 1.29 is 14.7 Å². The highest BCUT2D eigenvalue weighted by Gasteiger charge is 2.08. The molecular formula is C15H14N2O3. The van der Waals surface area contributed by atoms with Crippen LogP contribution < -0.4 is 5.32 Å². The van der Waals surface area contributed by atoms with Gasteiger partial charge >= 0.3 is 5.97 Å². The first-order valence-electron chi connectivity index (χ1n) is 6.09. The molecule has 20 heavy (non-hydrogen) atoms. The zero-order chi connectivity index (χ0) is 14.5. The lowest BCUT2D eigenvalue weighted by molar-refractivity contribution is 0.0696. The minimum absolute atomic E-state index is 0.157. The largest absolute Gasteiger partial charge is 0.478 e. The third-order valence-electron chi connectivity index (χ3n) is 2.98. The zero-order valence-corrected chi connectivity index (χ0v) is 11.0. The molecule has 5 heteroatoms. The van der Waals surface area contributed by atoms with Crippen LogP contribution in [0.4, 0.5) is 0 Å². The average molecular weight is 270 g/mol. The van der Waals surface area contributed by atoms with Gasteiger partial charge in [0, 0.05) is 24.5 Å². The van der Waals surface area contributed by atoms with Crippen LogP contribution in [-0.2, 0) is 6.54 Å². The van der Waals surface area contributed by atoms with Gasteiger partial charge in [0.05, 0.1) is 5.56 Å². The Balaban J connectivity index is 2.02. The van der Waals surface area contributed by atoms with Gasteiger partial charge in [0.2, 0.25) is 0 Å². The van der Waals surface area contributed by atoms with Crippen LogP contribution in [0.2, 0.25) is 0 Å². The summed E-state index contributed by atoms with van der Waals surface area (Å²) in [6.45, 7) is 2.34. The quantitative estimate of drug-likeness (QED) is 0.890. The Hall–Kier alpha value is -2.69. The SMILES string of the molecule is Cc1ccncc1CNC(=O)c1ccc(C(=O)O)cc1. The molecule has 2 rings (SSSR count). The van der Waals surface area contributed by atoms with Crippen LogP contribution in [0.25, 0.3) is 0 Å². The van der Waals surface area contributed by atoms with Crippen molar-refractivity contribution in [1.29, 1.82) is 0 Å². The van der Waals surface area contributed by atoms with Crippen molar-refractivity contribution in [2.24, 2.45) is 0 Å². The van der Waals surface area contributed by atoms with E-state index in [2.05, 4.69) is 10.3 Å². The molecule has 0 bridgehead atoms. The van der Waals surface area contributed by atoms with Crippen LogP contribution in [0.5, 0.6) is 0 Å². The molecule has 0 radical (unpaired) electrons. The number of hydrogen-bond acceptors (Lipinski definition) is 3. The molecule has 0 aliphatic heterocycles. The van der Waals surface area contributed by atoms with Gasteiger partial charge in [0.15, 0.2) is 0 Å². The summed E-state index contributed by atoms with van der Waals surface area (Å²) in [6.07, 6.45) is 3.41. The molecule has 0 fully saturated rings. The summed E-state index contributed by atoms with van der Waals surface area (Å²) >= 11 is 0. The Kier molecular flexibility index (Phi) is 4.10. The number of carboxylic acid groups (broad SMARTS) is 1. The van der Waals surface area contributed by atoms with Crippen LogP contribution in [0.15, 0.2) is 42.7 Å². The number of carboxylic acids is 1. The maximum absolute atomic E-state index is 11.9. The van der Waals surface area contributed by atoms with Gasteiger partial charge in [-0.2, -0.15) is 0 Å². The first-order chi connectivity index (χ1) is 9.58. The van der Waals surface area contributed by atoms with Gasteiger partial charge in [-0.3, -0.25) is 9.78 Å². The van der Waals surface area contributed by atoms with Crippen LogP contribution in [0.1, 0.15) is 31.8 Å². The van der Waals surface area contributed by atoms with Gasteiger partial charge in [-0.25, -0.2) is 4.79 Å². The van der Waals surface area contributed by atoms with E-state index in [9.17, 15) is 9.59 Å². The molecule has 0 spiro atoms. The Morgan fingerprint density at radius 3 is 2.40 bits per heavy atom. The first-order valence-corrected chi connectivity index (χ1v) is 6.09. The standard InChI is InChI=1S/C15H14N2O3/c1-10-6-7-16-8-13(10)9-17-14(18)11-2-4-12(5-3-11)15(19)20/h2-8H,9H2,1H3,(H,17,18)(H,19,20). The Bertz CT molecular complexity index is 636. The van der Waals surface area contributed by atoms with Crippen LogP contribution in [0.3, 0.4) is 0 Å². The van der Waals surface area contributed by atoms with E-state index in [1.54, 1.807) is 12.4 Å². The molecule has 1 amide bonds. The van der Waals surface area contributed by atoms with Crippen LogP contribution in [-0.4, -0.2) is 22.0 Å². The fraction of sp³-hybridized carbons (Fsp3) is 0.133. The van der Waals surface area contributed by atoms with Gasteiger partial charge < -0.3 is 10.4 Å². The fourth-order valence-electron chi connectivity index (χ4n) is 1.72. The highest BCUT2D eigenvalue weighted by atomic mass is 16.4. The predicted octanol–water partition coefficient (Wildman–Crippen LogP) is 2.02. The number of aryl methyl sites for hydroxylation is 1. The Morgan fingerprint density at radius 2 is 1.80 bits per heavy atom. The van der Waals surface area contributed by atoms with Crippen molar-refractivity contribution in [2.45, 2.75) is 13.5 Å². The third-order valence-corrected chi connectivity index (χ3v) is 2.98. The van der Waals surface area contributed by atoms with Gasteiger partial charge in [-0.15, -0.1) is 0 Å². The smallest absolute Gasteiger partial charge is 0.335 e. The van der Waals surface area contributed by atoms with E-state index in [0.29, 0.717) is 12.1 Å². The number of aromatic nitrogens is 1. The second kappa shape index (κ2) is 5.97. The molecule has 1 aromatic heterocycles. The van der Waals surface area contributed by atoms with Crippen molar-refractivity contribution in [3.05, 3.63) is 65.0 Å². The molecule has 5 nitrogen and oxygen atoms in total. The van der Waals surface area contributed by atoms with Gasteiger partial charge in [-0.05, 0) is 48.4 Å². The number of aromatic carboxylic acids is 1. The topological polar surface area (TPSA) is 79.3 Å². The van der Waals surface area contributed by atoms with Gasteiger partial charge in [0.25, 0.3) is 5.91 Å². The molecule has 2 aromatic rings. The van der Waals surface area contributed by atoms with E-state index in [4.69, 9.17) is 5.11 Å². The summed E-state index contributed by atoms with van der Waals surface area (Å²) in [5.41, 5.74) is 2.59. The zero-order valence-electron chi connectivity index (χ0n) is 11.0. The van der Waals surface area contributed by atoms with Crippen LogP contribution >= 0.6 is 0 Å². The molecule has 0 aliphatic rings. The number of carbonyl (C=O) groups is 2. The summed E-state index contributed by atoms with van der Waals surface area (Å²) < 4.78 is 0. The lowest BCUT2D eigenvalue weighted by Gasteiger charge is -2.07. The normalized spacial score (nSPS) is 10.1. The average Bonchev–Trinajstić information content (AvgIpc) is 2.46. The highest BCUT2D eigenvalue weighted by molar-refractivity contribution is 5.95. The maximum atomic E-state index is 11.9. The molecule has 1 heterocycles. The Labute approximate surface area is 116 Å². The Morgan fingerprint density at radius 1 is 1.15 bits per heavy atom. The summed E-state index contributed by atoms with van der Waals surface area (Å²) in [7, 11) is 0. The van der Waals surface area contributed by atoms with Crippen molar-refractivity contribution in [3.8, 4) is 0 Å². The van der Waals surface area contributed by atoms with Crippen molar-refractivity contribution in [1.82, 2.24) is 10.3 Å². The number of nitrogens with zero attached hydrogens (tertiary/aromatic N) is 1. The summed E-state index contributed by atoms with van der Waals surface area (Å²) in [5.74, 6) is -1.26. The second-order valence-electron chi connectivity index (χ2n) is 4.37. The molecule has 0 saturated heterocycles. The molecule has 2 N–H and O–H groups in total. The second-order valence-corrected chi connectivity index (χ2v) is 4.37. The number of amides is 1. The minimum Gasteiger partial charge on any atom is -0.478 e. The number of carbonyl (C=O) groups excluding carboxylic acids is 1. The first kappa shape index (κ1) is 13.7. The monoisotopic (exact) mass is 270 g/mol. The lowest BCUT2D eigenvalue weighted by Crippen LogP contribution is -2.23. The van der Waals surface area contributed by atoms with Crippen molar-refractivity contribution in [2.75, 3.05) is 0 Å². The predicted molar refractivity (Wildman–Crippen MR) is 73.5 cm³/mol. The van der Waals surface area contributed by atoms with Gasteiger partial charge in [0.1, 0.15) is 0 Å². The van der Waals surface area contributed by atoms with Gasteiger partial charge in [-0.1, -0.05) is 0 Å². The number of benzene rings is 1. The fourth-order valence-corrected chi connectivity index (χ4v) is 1.72. The molecule has 0 atom stereocenters. The highest BCUT2D eigenvalue weighted by Crippen LogP contribution is 2.07. The molecule has 0 unspecified atom stereocenters. The molecule has 1 aromatic carbocycles. The van der Waals surface area contributed by atoms with E-state index in [-0.39, 0.29) is 11.5 Å². The molecule has 0 aliphatic carbocycles. The van der Waals surface area contributed by atoms with E-state index in [0.717, 1.165) is 11.1 Å². The van der Waals surface area contributed by atoms with E-state index < -0.39 is 5.97 Å². The number of hydrogen-bond donors (Lipinski definition) is 2. The maximum Gasteiger partial charge on any atom is 0.335 e. The van der Waals surface area contributed by atoms with E-state index in [1.807, 2.05) is 13.0 Å². The number of rotatable bonds is 4. The third kappa shape index (κ3) is 3.20. The molecule has 102 valence electrons. The van der Waals surface area contributed by atoms with E-state index >= 15 is 0 Å². The van der Waals surface area contributed by atoms with Crippen molar-refractivity contribution in [3.63, 3.8) is 0 Å². The van der Waals surface area contributed by atoms with Crippen molar-refractivity contribution >= 4 is 11.9 Å². The summed E-state index contributed by atoms with van der Waals surface area (Å²) in [5, 5.41) is 11.6. The number of nitrogens with one attached hydrogen (secondary N) is 1. The van der Waals surface area contributed by atoms with E-state index in [1.165, 1.54) is 24.3 Å².